The second kappa shape index (κ2) is 4.18. The summed E-state index contributed by atoms with van der Waals surface area (Å²) in [4.78, 5) is 8.41. The summed E-state index contributed by atoms with van der Waals surface area (Å²) in [5.41, 5.74) is 1.84. The van der Waals surface area contributed by atoms with Gasteiger partial charge in [-0.15, -0.1) is 0 Å². The first-order valence-electron chi connectivity index (χ1n) is 4.88. The van der Waals surface area contributed by atoms with Gasteiger partial charge in [0.2, 0.25) is 0 Å². The van der Waals surface area contributed by atoms with Crippen LogP contribution in [-0.2, 0) is 0 Å². The molecule has 0 bridgehead atoms. The standard InChI is InChI=1S/C12H12N2O2/c1-8-7-10(16-2)12(15)11(14-8)9-5-3-4-6-13-9/h3-7,15H,1-2H3. The van der Waals surface area contributed by atoms with E-state index in [2.05, 4.69) is 9.97 Å². The van der Waals surface area contributed by atoms with E-state index in [0.29, 0.717) is 17.1 Å². The first-order chi connectivity index (χ1) is 7.72. The predicted octanol–water partition coefficient (Wildman–Crippen LogP) is 2.17. The van der Waals surface area contributed by atoms with Crippen molar-refractivity contribution in [3.63, 3.8) is 0 Å². The predicted molar refractivity (Wildman–Crippen MR) is 60.4 cm³/mol. The number of aromatic hydroxyl groups is 1. The second-order valence-corrected chi connectivity index (χ2v) is 3.38. The number of aryl methyl sites for hydroxylation is 1. The molecular formula is C12H12N2O2. The number of ether oxygens (including phenoxy) is 1. The molecule has 0 spiro atoms. The summed E-state index contributed by atoms with van der Waals surface area (Å²) in [6, 6.07) is 7.13. The highest BCUT2D eigenvalue weighted by Crippen LogP contribution is 2.34. The minimum absolute atomic E-state index is 0.0202. The highest BCUT2D eigenvalue weighted by Gasteiger charge is 2.13. The molecule has 2 aromatic rings. The lowest BCUT2D eigenvalue weighted by Gasteiger charge is -2.08. The molecule has 2 aromatic heterocycles. The Labute approximate surface area is 93.6 Å². The van der Waals surface area contributed by atoms with Crippen LogP contribution in [-0.4, -0.2) is 22.2 Å². The third-order valence-corrected chi connectivity index (χ3v) is 2.21. The third-order valence-electron chi connectivity index (χ3n) is 2.21. The quantitative estimate of drug-likeness (QED) is 0.835. The van der Waals surface area contributed by atoms with E-state index in [9.17, 15) is 5.11 Å². The molecule has 4 heteroatoms. The van der Waals surface area contributed by atoms with Gasteiger partial charge in [-0.05, 0) is 19.1 Å². The van der Waals surface area contributed by atoms with Gasteiger partial charge in [-0.25, -0.2) is 4.98 Å². The Morgan fingerprint density at radius 2 is 2.12 bits per heavy atom. The topological polar surface area (TPSA) is 55.2 Å². The van der Waals surface area contributed by atoms with Gasteiger partial charge in [-0.3, -0.25) is 4.98 Å². The van der Waals surface area contributed by atoms with Gasteiger partial charge in [0.1, 0.15) is 5.69 Å². The molecule has 0 saturated carbocycles. The van der Waals surface area contributed by atoms with Gasteiger partial charge in [0.05, 0.1) is 12.8 Å². The molecule has 82 valence electrons. The summed E-state index contributed by atoms with van der Waals surface area (Å²) in [6.07, 6.45) is 1.66. The fraction of sp³-hybridized carbons (Fsp3) is 0.167. The first kappa shape index (κ1) is 10.4. The number of aromatic nitrogens is 2. The maximum absolute atomic E-state index is 9.94. The molecule has 2 heterocycles. The van der Waals surface area contributed by atoms with E-state index in [1.807, 2.05) is 19.1 Å². The van der Waals surface area contributed by atoms with Crippen molar-refractivity contribution in [1.82, 2.24) is 9.97 Å². The zero-order valence-corrected chi connectivity index (χ0v) is 9.14. The van der Waals surface area contributed by atoms with E-state index in [-0.39, 0.29) is 5.75 Å². The van der Waals surface area contributed by atoms with Crippen LogP contribution in [0.25, 0.3) is 11.4 Å². The summed E-state index contributed by atoms with van der Waals surface area (Å²) in [7, 11) is 1.51. The molecule has 0 amide bonds. The lowest BCUT2D eigenvalue weighted by molar-refractivity contribution is 0.372. The fourth-order valence-electron chi connectivity index (χ4n) is 1.47. The van der Waals surface area contributed by atoms with Gasteiger partial charge in [0, 0.05) is 18.0 Å². The molecule has 0 aromatic carbocycles. The van der Waals surface area contributed by atoms with Crippen LogP contribution in [0, 0.1) is 6.92 Å². The summed E-state index contributed by atoms with van der Waals surface area (Å²) < 4.78 is 5.07. The Morgan fingerprint density at radius 3 is 2.75 bits per heavy atom. The van der Waals surface area contributed by atoms with Crippen LogP contribution in [0.1, 0.15) is 5.69 Å². The molecule has 0 atom stereocenters. The maximum Gasteiger partial charge on any atom is 0.186 e. The van der Waals surface area contributed by atoms with E-state index in [1.165, 1.54) is 7.11 Å². The molecule has 0 aliphatic rings. The van der Waals surface area contributed by atoms with Crippen molar-refractivity contribution in [3.8, 4) is 22.9 Å². The lowest BCUT2D eigenvalue weighted by Crippen LogP contribution is -1.94. The van der Waals surface area contributed by atoms with Crippen LogP contribution in [0.5, 0.6) is 11.5 Å². The van der Waals surface area contributed by atoms with Crippen LogP contribution in [0.4, 0.5) is 0 Å². The number of rotatable bonds is 2. The average Bonchev–Trinajstić information content (AvgIpc) is 2.33. The molecule has 0 fully saturated rings. The molecule has 2 rings (SSSR count). The van der Waals surface area contributed by atoms with Gasteiger partial charge < -0.3 is 9.84 Å². The fourth-order valence-corrected chi connectivity index (χ4v) is 1.47. The number of methoxy groups -OCH3 is 1. The largest absolute Gasteiger partial charge is 0.503 e. The Morgan fingerprint density at radius 1 is 1.31 bits per heavy atom. The highest BCUT2D eigenvalue weighted by molar-refractivity contribution is 5.66. The summed E-state index contributed by atoms with van der Waals surface area (Å²) in [5, 5.41) is 9.94. The van der Waals surface area contributed by atoms with Gasteiger partial charge in [-0.1, -0.05) is 6.07 Å². The van der Waals surface area contributed by atoms with Crippen LogP contribution < -0.4 is 4.74 Å². The van der Waals surface area contributed by atoms with Crippen molar-refractivity contribution in [2.45, 2.75) is 6.92 Å². The van der Waals surface area contributed by atoms with Gasteiger partial charge in [-0.2, -0.15) is 0 Å². The number of hydrogen-bond donors (Lipinski definition) is 1. The Bertz CT molecular complexity index is 498. The van der Waals surface area contributed by atoms with Crippen molar-refractivity contribution in [3.05, 3.63) is 36.2 Å². The smallest absolute Gasteiger partial charge is 0.186 e. The van der Waals surface area contributed by atoms with Crippen LogP contribution in [0.3, 0.4) is 0 Å². The van der Waals surface area contributed by atoms with Crippen molar-refractivity contribution >= 4 is 0 Å². The molecule has 1 N–H and O–H groups in total. The van der Waals surface area contributed by atoms with E-state index in [0.717, 1.165) is 5.69 Å². The van der Waals surface area contributed by atoms with Gasteiger partial charge in [0.25, 0.3) is 0 Å². The minimum atomic E-state index is 0.0202. The van der Waals surface area contributed by atoms with Crippen LogP contribution in [0.15, 0.2) is 30.5 Å². The zero-order chi connectivity index (χ0) is 11.5. The van der Waals surface area contributed by atoms with Crippen molar-refractivity contribution in [1.29, 1.82) is 0 Å². The molecule has 0 unspecified atom stereocenters. The van der Waals surface area contributed by atoms with Crippen molar-refractivity contribution in [2.24, 2.45) is 0 Å². The molecule has 4 nitrogen and oxygen atoms in total. The van der Waals surface area contributed by atoms with E-state index in [1.54, 1.807) is 18.3 Å². The van der Waals surface area contributed by atoms with E-state index >= 15 is 0 Å². The van der Waals surface area contributed by atoms with Gasteiger partial charge in [0.15, 0.2) is 11.5 Å². The van der Waals surface area contributed by atoms with Crippen molar-refractivity contribution in [2.75, 3.05) is 7.11 Å². The number of hydrogen-bond acceptors (Lipinski definition) is 4. The zero-order valence-electron chi connectivity index (χ0n) is 9.14. The Hall–Kier alpha value is -2.10. The highest BCUT2D eigenvalue weighted by atomic mass is 16.5. The summed E-state index contributed by atoms with van der Waals surface area (Å²) in [5.74, 6) is 0.431. The molecule has 0 saturated heterocycles. The second-order valence-electron chi connectivity index (χ2n) is 3.38. The molecular weight excluding hydrogens is 204 g/mol. The van der Waals surface area contributed by atoms with Crippen LogP contribution >= 0.6 is 0 Å². The normalized spacial score (nSPS) is 10.1. The SMILES string of the molecule is COc1cc(C)nc(-c2ccccn2)c1O. The van der Waals surface area contributed by atoms with Gasteiger partial charge >= 0.3 is 0 Å². The Balaban J connectivity index is 2.61. The number of nitrogens with zero attached hydrogens (tertiary/aromatic N) is 2. The third kappa shape index (κ3) is 1.82. The van der Waals surface area contributed by atoms with E-state index in [4.69, 9.17) is 4.74 Å². The number of pyridine rings is 2. The molecule has 0 aliphatic carbocycles. The Kier molecular flexibility index (Phi) is 2.72. The van der Waals surface area contributed by atoms with Crippen LogP contribution in [0.2, 0.25) is 0 Å². The summed E-state index contributed by atoms with van der Waals surface area (Å²) in [6.45, 7) is 1.84. The minimum Gasteiger partial charge on any atom is -0.503 e. The van der Waals surface area contributed by atoms with E-state index < -0.39 is 0 Å². The average molecular weight is 216 g/mol. The molecule has 0 radical (unpaired) electrons. The molecule has 16 heavy (non-hydrogen) atoms. The summed E-state index contributed by atoms with van der Waals surface area (Å²) >= 11 is 0. The van der Waals surface area contributed by atoms with Crippen molar-refractivity contribution < 1.29 is 9.84 Å². The molecule has 0 aliphatic heterocycles. The monoisotopic (exact) mass is 216 g/mol. The maximum atomic E-state index is 9.94. The lowest BCUT2D eigenvalue weighted by atomic mass is 10.2. The first-order valence-corrected chi connectivity index (χ1v) is 4.88.